The molecule has 2 fully saturated rings. The van der Waals surface area contributed by atoms with Crippen LogP contribution in [0.25, 0.3) is 0 Å². The molecule has 1 heterocycles. The minimum atomic E-state index is -0.934. The summed E-state index contributed by atoms with van der Waals surface area (Å²) in [6.45, 7) is 6.64. The third-order valence-electron chi connectivity index (χ3n) is 6.76. The van der Waals surface area contributed by atoms with Gasteiger partial charge >= 0.3 is 11.9 Å². The van der Waals surface area contributed by atoms with E-state index >= 15 is 0 Å². The summed E-state index contributed by atoms with van der Waals surface area (Å²) in [7, 11) is 0. The van der Waals surface area contributed by atoms with Crippen molar-refractivity contribution in [2.45, 2.75) is 46.6 Å². The second-order valence-corrected chi connectivity index (χ2v) is 8.16. The first-order valence-corrected chi connectivity index (χ1v) is 9.04. The number of ketones is 2. The molecule has 0 N–H and O–H groups in total. The topological polar surface area (TPSA) is 86.7 Å². The van der Waals surface area contributed by atoms with E-state index in [4.69, 9.17) is 9.47 Å². The number of hydrogen-bond acceptors (Lipinski definition) is 6. The van der Waals surface area contributed by atoms with Gasteiger partial charge in [0, 0.05) is 42.9 Å². The number of allylic oxidation sites excluding steroid dienone is 3. The smallest absolute Gasteiger partial charge is 0.309 e. The van der Waals surface area contributed by atoms with Crippen LogP contribution in [-0.4, -0.2) is 29.6 Å². The van der Waals surface area contributed by atoms with Crippen LogP contribution in [0.15, 0.2) is 23.0 Å². The van der Waals surface area contributed by atoms with E-state index in [0.29, 0.717) is 17.8 Å². The fraction of sp³-hybridized carbons (Fsp3) is 0.600. The van der Waals surface area contributed by atoms with Crippen LogP contribution in [-0.2, 0) is 28.7 Å². The zero-order chi connectivity index (χ0) is 19.0. The summed E-state index contributed by atoms with van der Waals surface area (Å²) in [6, 6.07) is 0. The fourth-order valence-electron chi connectivity index (χ4n) is 5.65. The Bertz CT molecular complexity index is 818. The summed E-state index contributed by atoms with van der Waals surface area (Å²) in [4.78, 5) is 49.7. The van der Waals surface area contributed by atoms with Gasteiger partial charge in [0.1, 0.15) is 11.9 Å². The van der Waals surface area contributed by atoms with Gasteiger partial charge in [-0.1, -0.05) is 13.8 Å². The summed E-state index contributed by atoms with van der Waals surface area (Å²) in [6.07, 6.45) is 1.77. The van der Waals surface area contributed by atoms with E-state index in [-0.39, 0.29) is 47.8 Å². The summed E-state index contributed by atoms with van der Waals surface area (Å²) < 4.78 is 11.0. The average Bonchev–Trinajstić information content (AvgIpc) is 3.05. The molecule has 1 aliphatic heterocycles. The van der Waals surface area contributed by atoms with Crippen molar-refractivity contribution in [3.63, 3.8) is 0 Å². The first-order chi connectivity index (χ1) is 12.2. The number of esters is 2. The average molecular weight is 358 g/mol. The van der Waals surface area contributed by atoms with Crippen LogP contribution in [0.3, 0.4) is 0 Å². The van der Waals surface area contributed by atoms with E-state index in [0.717, 1.165) is 5.57 Å². The lowest BCUT2D eigenvalue weighted by atomic mass is 9.52. The number of Topliss-reactive ketones (excluding diaryl/α,β-unsaturated/α-hetero) is 1. The normalized spacial score (nSPS) is 41.3. The van der Waals surface area contributed by atoms with Crippen molar-refractivity contribution in [2.75, 3.05) is 0 Å². The van der Waals surface area contributed by atoms with Crippen LogP contribution < -0.4 is 0 Å². The Balaban J connectivity index is 1.91. The van der Waals surface area contributed by atoms with Crippen molar-refractivity contribution < 1.29 is 28.7 Å². The maximum atomic E-state index is 13.2. The first kappa shape index (κ1) is 17.2. The van der Waals surface area contributed by atoms with Gasteiger partial charge in [-0.05, 0) is 24.1 Å². The van der Waals surface area contributed by atoms with Gasteiger partial charge in [0.15, 0.2) is 11.6 Å². The van der Waals surface area contributed by atoms with Crippen molar-refractivity contribution >= 4 is 23.5 Å². The molecular weight excluding hydrogens is 336 g/mol. The van der Waals surface area contributed by atoms with E-state index in [9.17, 15) is 19.2 Å². The summed E-state index contributed by atoms with van der Waals surface area (Å²) >= 11 is 0. The molecule has 1 saturated heterocycles. The third kappa shape index (κ3) is 2.04. The molecule has 0 unspecified atom stereocenters. The van der Waals surface area contributed by atoms with Crippen molar-refractivity contribution in [2.24, 2.45) is 29.1 Å². The van der Waals surface area contributed by atoms with Gasteiger partial charge in [-0.15, -0.1) is 0 Å². The molecule has 0 radical (unpaired) electrons. The summed E-state index contributed by atoms with van der Waals surface area (Å²) in [5.74, 6) is -1.85. The molecule has 26 heavy (non-hydrogen) atoms. The molecule has 4 rings (SSSR count). The Labute approximate surface area is 151 Å². The Morgan fingerprint density at radius 2 is 1.96 bits per heavy atom. The van der Waals surface area contributed by atoms with E-state index < -0.39 is 17.3 Å². The van der Waals surface area contributed by atoms with Gasteiger partial charge in [0.2, 0.25) is 0 Å². The molecule has 0 amide bonds. The number of rotatable bonds is 1. The lowest BCUT2D eigenvalue weighted by Crippen LogP contribution is -2.53. The Kier molecular flexibility index (Phi) is 3.56. The van der Waals surface area contributed by atoms with Crippen LogP contribution in [0.4, 0.5) is 0 Å². The fourth-order valence-corrected chi connectivity index (χ4v) is 5.65. The molecule has 4 aliphatic rings. The van der Waals surface area contributed by atoms with E-state index in [1.165, 1.54) is 13.0 Å². The number of hydrogen-bond donors (Lipinski definition) is 0. The maximum absolute atomic E-state index is 13.2. The Morgan fingerprint density at radius 1 is 1.27 bits per heavy atom. The van der Waals surface area contributed by atoms with Crippen molar-refractivity contribution in [3.05, 3.63) is 23.0 Å². The highest BCUT2D eigenvalue weighted by atomic mass is 16.6. The van der Waals surface area contributed by atoms with Crippen molar-refractivity contribution in [1.29, 1.82) is 0 Å². The molecule has 3 aliphatic carbocycles. The molecule has 138 valence electrons. The van der Waals surface area contributed by atoms with Crippen LogP contribution in [0.2, 0.25) is 0 Å². The van der Waals surface area contributed by atoms with Gasteiger partial charge in [-0.2, -0.15) is 0 Å². The van der Waals surface area contributed by atoms with Crippen molar-refractivity contribution in [1.82, 2.24) is 0 Å². The molecule has 6 nitrogen and oxygen atoms in total. The quantitative estimate of drug-likeness (QED) is 0.668. The molecule has 0 spiro atoms. The monoisotopic (exact) mass is 358 g/mol. The van der Waals surface area contributed by atoms with Gasteiger partial charge in [0.25, 0.3) is 0 Å². The SMILES string of the molecule is CC(=O)OC1=C2C[C@@H]3OC(=O)[C@@H](C)[C@@H]3[C@H]2[C@@]2(C)C(=O)C(C)=CC(=O)[C@H]2C1. The minimum Gasteiger partial charge on any atom is -0.461 e. The van der Waals surface area contributed by atoms with Crippen molar-refractivity contribution in [3.8, 4) is 0 Å². The molecule has 1 saturated carbocycles. The second-order valence-electron chi connectivity index (χ2n) is 8.16. The Morgan fingerprint density at radius 3 is 2.62 bits per heavy atom. The van der Waals surface area contributed by atoms with E-state index in [2.05, 4.69) is 0 Å². The van der Waals surface area contributed by atoms with E-state index in [1.54, 1.807) is 6.92 Å². The third-order valence-corrected chi connectivity index (χ3v) is 6.76. The molecule has 6 heteroatoms. The number of carbonyl (C=O) groups excluding carboxylic acids is 4. The summed E-state index contributed by atoms with van der Waals surface area (Å²) in [5.41, 5.74) is 0.380. The largest absolute Gasteiger partial charge is 0.461 e. The number of carbonyl (C=O) groups is 4. The zero-order valence-electron chi connectivity index (χ0n) is 15.3. The van der Waals surface area contributed by atoms with Crippen LogP contribution in [0.1, 0.15) is 40.5 Å². The van der Waals surface area contributed by atoms with Gasteiger partial charge in [0.05, 0.1) is 5.92 Å². The molecule has 0 aromatic heterocycles. The van der Waals surface area contributed by atoms with Gasteiger partial charge < -0.3 is 9.47 Å². The van der Waals surface area contributed by atoms with Gasteiger partial charge in [-0.25, -0.2) is 0 Å². The molecule has 6 atom stereocenters. The van der Waals surface area contributed by atoms with Crippen LogP contribution >= 0.6 is 0 Å². The van der Waals surface area contributed by atoms with Crippen LogP contribution in [0.5, 0.6) is 0 Å². The lowest BCUT2D eigenvalue weighted by Gasteiger charge is -2.48. The van der Waals surface area contributed by atoms with Crippen LogP contribution in [0, 0.1) is 29.1 Å². The predicted molar refractivity (Wildman–Crippen MR) is 89.4 cm³/mol. The molecule has 0 aromatic rings. The first-order valence-electron chi connectivity index (χ1n) is 9.04. The number of ether oxygens (including phenoxy) is 2. The highest BCUT2D eigenvalue weighted by molar-refractivity contribution is 6.13. The predicted octanol–water partition coefficient (Wildman–Crippen LogP) is 2.13. The minimum absolute atomic E-state index is 0.0568. The summed E-state index contributed by atoms with van der Waals surface area (Å²) in [5, 5.41) is 0. The number of fused-ring (bicyclic) bond motifs is 5. The zero-order valence-corrected chi connectivity index (χ0v) is 15.3. The Hall–Kier alpha value is -2.24. The highest BCUT2D eigenvalue weighted by Crippen LogP contribution is 2.62. The molecule has 0 bridgehead atoms. The standard InChI is InChI=1S/C20H22O6/c1-8-5-13(22)12-7-14(25-10(3)21)11-6-15-16(9(2)19(24)26-15)17(11)20(12,4)18(8)23/h5,9,12,15-17H,6-7H2,1-4H3/t9-,12+,15-,16-,17-,20-/m0/s1. The highest BCUT2D eigenvalue weighted by Gasteiger charge is 2.66. The van der Waals surface area contributed by atoms with E-state index in [1.807, 2.05) is 13.8 Å². The second kappa shape index (κ2) is 5.38. The van der Waals surface area contributed by atoms with Gasteiger partial charge in [-0.3, -0.25) is 19.2 Å². The maximum Gasteiger partial charge on any atom is 0.309 e. The molecule has 0 aromatic carbocycles. The lowest BCUT2D eigenvalue weighted by molar-refractivity contribution is -0.146. The molecular formula is C20H22O6.